The summed E-state index contributed by atoms with van der Waals surface area (Å²) in [5.41, 5.74) is 0. The molecule has 1 saturated heterocycles. The van der Waals surface area contributed by atoms with Crippen LogP contribution in [-0.4, -0.2) is 62.7 Å². The molecule has 1 aliphatic heterocycles. The molecule has 114 valence electrons. The zero-order valence-electron chi connectivity index (χ0n) is 13.2. The highest BCUT2D eigenvalue weighted by atomic mass is 16.5. The second-order valence-corrected chi connectivity index (χ2v) is 4.88. The van der Waals surface area contributed by atoms with E-state index in [-0.39, 0.29) is 0 Å². The third-order valence-electron chi connectivity index (χ3n) is 3.18. The lowest BCUT2D eigenvalue weighted by atomic mass is 10.3. The zero-order valence-corrected chi connectivity index (χ0v) is 13.2. The Kier molecular flexibility index (Phi) is 12.0. The summed E-state index contributed by atoms with van der Waals surface area (Å²) in [5, 5.41) is 0. The predicted octanol–water partition coefficient (Wildman–Crippen LogP) is 2.24. The fourth-order valence-corrected chi connectivity index (χ4v) is 1.92. The third kappa shape index (κ3) is 9.91. The molecule has 19 heavy (non-hydrogen) atoms. The summed E-state index contributed by atoms with van der Waals surface area (Å²) < 4.78 is 4.69. The average Bonchev–Trinajstić information content (AvgIpc) is 3.27. The lowest BCUT2D eigenvalue weighted by Gasteiger charge is -2.32. The van der Waals surface area contributed by atoms with E-state index in [0.717, 1.165) is 51.5 Å². The van der Waals surface area contributed by atoms with Crippen LogP contribution in [0.15, 0.2) is 0 Å². The maximum Gasteiger partial charge on any atom is 0.209 e. The van der Waals surface area contributed by atoms with Crippen LogP contribution in [-0.2, 0) is 9.53 Å². The molecule has 0 N–H and O–H groups in total. The molecule has 4 heteroatoms. The summed E-state index contributed by atoms with van der Waals surface area (Å²) in [4.78, 5) is 14.8. The Morgan fingerprint density at radius 1 is 1.16 bits per heavy atom. The molecule has 0 radical (unpaired) electrons. The quantitative estimate of drug-likeness (QED) is 0.720. The van der Waals surface area contributed by atoms with Gasteiger partial charge in [0.2, 0.25) is 6.41 Å². The summed E-state index contributed by atoms with van der Waals surface area (Å²) in [5.74, 6) is 0.979. The molecule has 1 heterocycles. The van der Waals surface area contributed by atoms with Crippen molar-refractivity contribution in [3.63, 3.8) is 0 Å². The molecule has 1 aliphatic carbocycles. The number of hydrogen-bond acceptors (Lipinski definition) is 3. The van der Waals surface area contributed by atoms with Gasteiger partial charge >= 0.3 is 0 Å². The van der Waals surface area contributed by atoms with Crippen LogP contribution in [0.1, 0.15) is 40.0 Å². The van der Waals surface area contributed by atoms with Gasteiger partial charge in [0, 0.05) is 46.4 Å². The van der Waals surface area contributed by atoms with Crippen LogP contribution in [0, 0.1) is 5.92 Å². The molecular weight excluding hydrogens is 240 g/mol. The van der Waals surface area contributed by atoms with E-state index in [0.29, 0.717) is 0 Å². The first-order valence-electron chi connectivity index (χ1n) is 7.70. The summed E-state index contributed by atoms with van der Waals surface area (Å²) in [7, 11) is 1.71. The molecule has 0 atom stereocenters. The fraction of sp³-hybridized carbons (Fsp3) is 0.933. The molecule has 4 nitrogen and oxygen atoms in total. The third-order valence-corrected chi connectivity index (χ3v) is 3.18. The highest BCUT2D eigenvalue weighted by Crippen LogP contribution is 2.29. The van der Waals surface area contributed by atoms with E-state index in [9.17, 15) is 4.79 Å². The number of ether oxygens (including phenoxy) is 1. The van der Waals surface area contributed by atoms with Crippen molar-refractivity contribution in [2.45, 2.75) is 40.0 Å². The molecule has 0 spiro atoms. The van der Waals surface area contributed by atoms with Crippen molar-refractivity contribution in [2.24, 2.45) is 5.92 Å². The van der Waals surface area contributed by atoms with Crippen LogP contribution in [0.4, 0.5) is 0 Å². The summed E-state index contributed by atoms with van der Waals surface area (Å²) in [6.45, 7) is 12.3. The van der Waals surface area contributed by atoms with Crippen LogP contribution < -0.4 is 0 Å². The van der Waals surface area contributed by atoms with E-state index < -0.39 is 0 Å². The van der Waals surface area contributed by atoms with Gasteiger partial charge in [-0.15, -0.1) is 0 Å². The Morgan fingerprint density at radius 3 is 2.05 bits per heavy atom. The summed E-state index contributed by atoms with van der Waals surface area (Å²) >= 11 is 0. The van der Waals surface area contributed by atoms with Crippen molar-refractivity contribution < 1.29 is 9.53 Å². The number of nitrogens with zero attached hydrogens (tertiary/aromatic N) is 2. The monoisotopic (exact) mass is 272 g/mol. The predicted molar refractivity (Wildman–Crippen MR) is 80.3 cm³/mol. The molecule has 0 aromatic carbocycles. The minimum Gasteiger partial charge on any atom is -0.385 e. The molecular formula is C15H32N2O2. The lowest BCUT2D eigenvalue weighted by Crippen LogP contribution is -2.46. The molecule has 0 unspecified atom stereocenters. The molecule has 2 fully saturated rings. The van der Waals surface area contributed by atoms with Gasteiger partial charge in [-0.1, -0.05) is 20.8 Å². The first-order chi connectivity index (χ1) is 9.30. The molecule has 1 saturated carbocycles. The maximum absolute atomic E-state index is 10.4. The van der Waals surface area contributed by atoms with Crippen molar-refractivity contribution >= 4 is 6.41 Å². The lowest BCUT2D eigenvalue weighted by molar-refractivity contribution is -0.119. The number of piperazine rings is 1. The molecule has 1 amide bonds. The first kappa shape index (κ1) is 18.4. The van der Waals surface area contributed by atoms with Gasteiger partial charge in [0.25, 0.3) is 0 Å². The van der Waals surface area contributed by atoms with Gasteiger partial charge < -0.3 is 9.64 Å². The van der Waals surface area contributed by atoms with Gasteiger partial charge in [-0.25, -0.2) is 0 Å². The Balaban J connectivity index is 0.000000396. The highest BCUT2D eigenvalue weighted by Gasteiger charge is 2.25. The van der Waals surface area contributed by atoms with E-state index in [1.807, 2.05) is 18.7 Å². The van der Waals surface area contributed by atoms with E-state index in [1.165, 1.54) is 19.4 Å². The maximum atomic E-state index is 10.4. The van der Waals surface area contributed by atoms with E-state index in [2.05, 4.69) is 11.8 Å². The van der Waals surface area contributed by atoms with Gasteiger partial charge in [0.05, 0.1) is 0 Å². The summed E-state index contributed by atoms with van der Waals surface area (Å²) in [6.07, 6.45) is 4.94. The second-order valence-electron chi connectivity index (χ2n) is 4.88. The fourth-order valence-electron chi connectivity index (χ4n) is 1.92. The zero-order chi connectivity index (χ0) is 14.5. The van der Waals surface area contributed by atoms with Gasteiger partial charge in [-0.3, -0.25) is 9.69 Å². The van der Waals surface area contributed by atoms with E-state index in [4.69, 9.17) is 4.74 Å². The van der Waals surface area contributed by atoms with Crippen molar-refractivity contribution in [2.75, 3.05) is 46.4 Å². The second kappa shape index (κ2) is 12.4. The van der Waals surface area contributed by atoms with Crippen LogP contribution >= 0.6 is 0 Å². The van der Waals surface area contributed by atoms with Crippen LogP contribution in [0.5, 0.6) is 0 Å². The van der Waals surface area contributed by atoms with Gasteiger partial charge in [-0.2, -0.15) is 0 Å². The van der Waals surface area contributed by atoms with Crippen LogP contribution in [0.2, 0.25) is 0 Å². The number of carbonyl (C=O) groups is 1. The standard InChI is InChI=1S/C9H16N2O.C4H10O.C2H6/c12-8-11-5-3-10(4-6-11)7-9-1-2-9;1-3-4-5-2;1-2/h8-9H,1-7H2;3-4H2,1-2H3;1-2H3. The van der Waals surface area contributed by atoms with Gasteiger partial charge in [0.15, 0.2) is 0 Å². The van der Waals surface area contributed by atoms with Gasteiger partial charge in [0.1, 0.15) is 0 Å². The first-order valence-corrected chi connectivity index (χ1v) is 7.70. The van der Waals surface area contributed by atoms with Crippen molar-refractivity contribution in [3.05, 3.63) is 0 Å². The van der Waals surface area contributed by atoms with Crippen LogP contribution in [0.3, 0.4) is 0 Å². The van der Waals surface area contributed by atoms with E-state index in [1.54, 1.807) is 7.11 Å². The van der Waals surface area contributed by atoms with Crippen molar-refractivity contribution in [1.29, 1.82) is 0 Å². The number of methoxy groups -OCH3 is 1. The molecule has 2 aliphatic rings. The average molecular weight is 272 g/mol. The SMILES string of the molecule is CC.CCCOC.O=CN1CCN(CC2CC2)CC1. The van der Waals surface area contributed by atoms with Crippen LogP contribution in [0.25, 0.3) is 0 Å². The van der Waals surface area contributed by atoms with Gasteiger partial charge in [-0.05, 0) is 25.2 Å². The Morgan fingerprint density at radius 2 is 1.74 bits per heavy atom. The molecule has 0 aromatic heterocycles. The number of hydrogen-bond donors (Lipinski definition) is 0. The van der Waals surface area contributed by atoms with Crippen molar-refractivity contribution in [1.82, 2.24) is 9.80 Å². The largest absolute Gasteiger partial charge is 0.385 e. The number of rotatable bonds is 5. The smallest absolute Gasteiger partial charge is 0.209 e. The normalized spacial score (nSPS) is 18.8. The topological polar surface area (TPSA) is 32.8 Å². The Hall–Kier alpha value is -0.610. The minimum atomic E-state index is 0.889. The minimum absolute atomic E-state index is 0.889. The molecule has 0 bridgehead atoms. The van der Waals surface area contributed by atoms with Crippen molar-refractivity contribution in [3.8, 4) is 0 Å². The number of amides is 1. The van der Waals surface area contributed by atoms with E-state index >= 15 is 0 Å². The Labute approximate surface area is 119 Å². The number of carbonyl (C=O) groups excluding carboxylic acids is 1. The Bertz CT molecular complexity index is 198. The summed E-state index contributed by atoms with van der Waals surface area (Å²) in [6, 6.07) is 0. The molecule has 2 rings (SSSR count). The molecule has 0 aromatic rings. The highest BCUT2D eigenvalue weighted by molar-refractivity contribution is 5.47.